The van der Waals surface area contributed by atoms with Crippen molar-refractivity contribution in [2.75, 3.05) is 11.9 Å². The second kappa shape index (κ2) is 8.20. The molecule has 1 aliphatic rings. The fourth-order valence-electron chi connectivity index (χ4n) is 4.36. The highest BCUT2D eigenvalue weighted by atomic mass is 32.1. The van der Waals surface area contributed by atoms with Gasteiger partial charge in [0.2, 0.25) is 6.08 Å². The zero-order valence-corrected chi connectivity index (χ0v) is 17.2. The van der Waals surface area contributed by atoms with Crippen LogP contribution in [0.25, 0.3) is 10.4 Å². The molecule has 148 valence electrons. The maximum atomic E-state index is 12.4. The van der Waals surface area contributed by atoms with Crippen molar-refractivity contribution in [1.82, 2.24) is 14.9 Å². The van der Waals surface area contributed by atoms with Crippen molar-refractivity contribution in [2.45, 2.75) is 46.1 Å². The van der Waals surface area contributed by atoms with Crippen LogP contribution in [0.2, 0.25) is 0 Å². The lowest BCUT2D eigenvalue weighted by Gasteiger charge is -2.45. The number of rotatable bonds is 5. The molecule has 2 atom stereocenters. The lowest BCUT2D eigenvalue weighted by atomic mass is 9.63. The van der Waals surface area contributed by atoms with Crippen LogP contribution < -0.4 is 10.6 Å². The zero-order valence-electron chi connectivity index (χ0n) is 16.4. The van der Waals surface area contributed by atoms with Crippen molar-refractivity contribution in [2.24, 2.45) is 15.8 Å². The Morgan fingerprint density at radius 1 is 1.29 bits per heavy atom. The number of carbonyl (C=O) groups is 1. The molecule has 1 heterocycles. The zero-order chi connectivity index (χ0) is 20.2. The van der Waals surface area contributed by atoms with Gasteiger partial charge in [-0.3, -0.25) is 0 Å². The normalized spacial score (nSPS) is 23.5. The molecule has 2 N–H and O–H groups in total. The summed E-state index contributed by atoms with van der Waals surface area (Å²) < 4.78 is 3.86. The molecular formula is C20H25N5O2S. The molecule has 8 heteroatoms. The number of benzene rings is 1. The van der Waals surface area contributed by atoms with E-state index in [4.69, 9.17) is 0 Å². The van der Waals surface area contributed by atoms with Crippen LogP contribution in [-0.4, -0.2) is 34.3 Å². The second-order valence-electron chi connectivity index (χ2n) is 8.60. The van der Waals surface area contributed by atoms with Gasteiger partial charge in [-0.25, -0.2) is 14.6 Å². The number of nitrogens with zero attached hydrogens (tertiary/aromatic N) is 3. The van der Waals surface area contributed by atoms with Crippen LogP contribution in [0.4, 0.5) is 10.5 Å². The van der Waals surface area contributed by atoms with Gasteiger partial charge in [0.1, 0.15) is 0 Å². The summed E-state index contributed by atoms with van der Waals surface area (Å²) in [6, 6.07) is 7.29. The predicted molar refractivity (Wildman–Crippen MR) is 110 cm³/mol. The van der Waals surface area contributed by atoms with Crippen LogP contribution in [0.1, 0.15) is 40.0 Å². The molecule has 1 fully saturated rings. The van der Waals surface area contributed by atoms with Gasteiger partial charge in [-0.15, -0.1) is 5.10 Å². The van der Waals surface area contributed by atoms with E-state index in [1.54, 1.807) is 12.3 Å². The van der Waals surface area contributed by atoms with Crippen molar-refractivity contribution in [3.05, 3.63) is 30.5 Å². The van der Waals surface area contributed by atoms with Crippen LogP contribution in [-0.2, 0) is 4.79 Å². The average Bonchev–Trinajstić information content (AvgIpc) is 3.14. The minimum Gasteiger partial charge on any atom is -0.337 e. The molecule has 0 bridgehead atoms. The number of anilines is 1. The van der Waals surface area contributed by atoms with E-state index in [1.165, 1.54) is 11.5 Å². The monoisotopic (exact) mass is 399 g/mol. The minimum absolute atomic E-state index is 0.0371. The van der Waals surface area contributed by atoms with Crippen molar-refractivity contribution in [1.29, 1.82) is 0 Å². The maximum Gasteiger partial charge on any atom is 0.319 e. The summed E-state index contributed by atoms with van der Waals surface area (Å²) in [5.41, 5.74) is 1.68. The first kappa shape index (κ1) is 20.2. The number of nitrogens with one attached hydrogen (secondary N) is 2. The van der Waals surface area contributed by atoms with Crippen LogP contribution >= 0.6 is 11.5 Å². The van der Waals surface area contributed by atoms with E-state index in [0.717, 1.165) is 35.4 Å². The van der Waals surface area contributed by atoms with E-state index in [2.05, 4.69) is 46.0 Å². The molecule has 0 radical (unpaired) electrons. The highest BCUT2D eigenvalue weighted by Gasteiger charge is 2.41. The Morgan fingerprint density at radius 3 is 2.68 bits per heavy atom. The number of urea groups is 1. The Balaban J connectivity index is 1.56. The SMILES string of the molecule is CC1(C)CC(N=C=O)CC(C)(CNC(=O)Nc2ccc(-c3cnns3)cc2)C1. The van der Waals surface area contributed by atoms with Gasteiger partial charge in [-0.2, -0.15) is 0 Å². The Bertz CT molecular complexity index is 859. The number of hydrogen-bond acceptors (Lipinski definition) is 6. The molecule has 1 saturated carbocycles. The van der Waals surface area contributed by atoms with Gasteiger partial charge in [0, 0.05) is 12.2 Å². The number of aliphatic imine (C=N–C) groups is 1. The van der Waals surface area contributed by atoms with Crippen molar-refractivity contribution >= 4 is 29.3 Å². The van der Waals surface area contributed by atoms with Gasteiger partial charge in [0.25, 0.3) is 0 Å². The fraction of sp³-hybridized carbons (Fsp3) is 0.500. The summed E-state index contributed by atoms with van der Waals surface area (Å²) in [4.78, 5) is 28.0. The molecule has 0 saturated heterocycles. The Kier molecular flexibility index (Phi) is 5.91. The molecule has 3 rings (SSSR count). The standard InChI is InChI=1S/C20H25N5O2S/c1-19(2)8-16(22-13-26)9-20(3,11-19)12-21-18(27)24-15-6-4-14(5-7-15)17-10-23-25-28-17/h4-7,10,16H,8-9,11-12H2,1-3H3,(H2,21,24,27). The number of hydrogen-bond donors (Lipinski definition) is 2. The topological polar surface area (TPSA) is 96.3 Å². The van der Waals surface area contributed by atoms with Gasteiger partial charge < -0.3 is 10.6 Å². The number of isocyanates is 1. The van der Waals surface area contributed by atoms with E-state index in [0.29, 0.717) is 6.54 Å². The first-order valence-corrected chi connectivity index (χ1v) is 10.1. The van der Waals surface area contributed by atoms with Crippen LogP contribution in [0, 0.1) is 10.8 Å². The van der Waals surface area contributed by atoms with E-state index in [9.17, 15) is 9.59 Å². The van der Waals surface area contributed by atoms with Gasteiger partial charge in [0.05, 0.1) is 17.1 Å². The lowest BCUT2D eigenvalue weighted by Crippen LogP contribution is -2.45. The number of carbonyl (C=O) groups excluding carboxylic acids is 2. The summed E-state index contributed by atoms with van der Waals surface area (Å²) in [6.45, 7) is 7.02. The molecule has 7 nitrogen and oxygen atoms in total. The molecule has 0 aliphatic heterocycles. The van der Waals surface area contributed by atoms with Crippen LogP contribution in [0.5, 0.6) is 0 Å². The molecule has 1 aliphatic carbocycles. The van der Waals surface area contributed by atoms with Crippen molar-refractivity contribution < 1.29 is 9.59 Å². The third-order valence-electron chi connectivity index (χ3n) is 5.12. The van der Waals surface area contributed by atoms with Crippen molar-refractivity contribution in [3.63, 3.8) is 0 Å². The van der Waals surface area contributed by atoms with Crippen LogP contribution in [0.15, 0.2) is 35.5 Å². The molecule has 2 aromatic rings. The van der Waals surface area contributed by atoms with Gasteiger partial charge >= 0.3 is 6.03 Å². The first-order valence-electron chi connectivity index (χ1n) is 9.28. The summed E-state index contributed by atoms with van der Waals surface area (Å²) >= 11 is 1.33. The maximum absolute atomic E-state index is 12.4. The summed E-state index contributed by atoms with van der Waals surface area (Å²) in [6.07, 6.45) is 6.00. The molecule has 1 aromatic carbocycles. The average molecular weight is 400 g/mol. The van der Waals surface area contributed by atoms with E-state index >= 15 is 0 Å². The number of aromatic nitrogens is 2. The summed E-state index contributed by atoms with van der Waals surface area (Å²) in [5, 5.41) is 9.67. The molecule has 28 heavy (non-hydrogen) atoms. The molecule has 2 amide bonds. The third kappa shape index (κ3) is 5.24. The highest BCUT2D eigenvalue weighted by molar-refractivity contribution is 7.09. The predicted octanol–water partition coefficient (Wildman–Crippen LogP) is 4.25. The Hall–Kier alpha value is -2.57. The molecule has 1 aromatic heterocycles. The van der Waals surface area contributed by atoms with E-state index < -0.39 is 0 Å². The highest BCUT2D eigenvalue weighted by Crippen LogP contribution is 2.46. The smallest absolute Gasteiger partial charge is 0.319 e. The molecular weight excluding hydrogens is 374 g/mol. The van der Waals surface area contributed by atoms with Gasteiger partial charge in [0.15, 0.2) is 0 Å². The lowest BCUT2D eigenvalue weighted by molar-refractivity contribution is 0.0855. The quantitative estimate of drug-likeness (QED) is 0.580. The summed E-state index contributed by atoms with van der Waals surface area (Å²) in [7, 11) is 0. The first-order chi connectivity index (χ1) is 13.3. The van der Waals surface area contributed by atoms with Gasteiger partial charge in [-0.05, 0) is 59.3 Å². The molecule has 2 unspecified atom stereocenters. The second-order valence-corrected chi connectivity index (χ2v) is 9.39. The largest absolute Gasteiger partial charge is 0.337 e. The Labute approximate surface area is 168 Å². The van der Waals surface area contributed by atoms with E-state index in [-0.39, 0.29) is 22.9 Å². The van der Waals surface area contributed by atoms with Crippen LogP contribution in [0.3, 0.4) is 0 Å². The van der Waals surface area contributed by atoms with Gasteiger partial charge in [-0.1, -0.05) is 37.4 Å². The number of amides is 2. The van der Waals surface area contributed by atoms with E-state index in [1.807, 2.05) is 24.3 Å². The molecule has 0 spiro atoms. The third-order valence-corrected chi connectivity index (χ3v) is 5.84. The Morgan fingerprint density at radius 2 is 2.04 bits per heavy atom. The fourth-order valence-corrected chi connectivity index (χ4v) is 4.88. The van der Waals surface area contributed by atoms with Crippen molar-refractivity contribution in [3.8, 4) is 10.4 Å². The minimum atomic E-state index is -0.243. The summed E-state index contributed by atoms with van der Waals surface area (Å²) in [5.74, 6) is 0.